The van der Waals surface area contributed by atoms with E-state index in [-0.39, 0.29) is 41.9 Å². The molecule has 0 bridgehead atoms. The maximum Gasteiger partial charge on any atom is 0.321 e. The molecular weight excluding hydrogens is 548 g/mol. The molecule has 3 rings (SSSR count). The number of esters is 1. The summed E-state index contributed by atoms with van der Waals surface area (Å²) < 4.78 is 87.5. The Morgan fingerprint density at radius 2 is 1.65 bits per heavy atom. The predicted octanol–water partition coefficient (Wildman–Crippen LogP) is 4.74. The number of carbonyl (C=O) groups is 1. The summed E-state index contributed by atoms with van der Waals surface area (Å²) in [5.74, 6) is -3.17. The minimum atomic E-state index is -4.23. The van der Waals surface area contributed by atoms with Crippen molar-refractivity contribution in [2.75, 3.05) is 12.3 Å². The van der Waals surface area contributed by atoms with Crippen molar-refractivity contribution in [3.63, 3.8) is 0 Å². The van der Waals surface area contributed by atoms with Gasteiger partial charge < -0.3 is 4.74 Å². The zero-order valence-electron chi connectivity index (χ0n) is 20.8. The number of ether oxygens (including phenoxy) is 1. The van der Waals surface area contributed by atoms with Crippen LogP contribution in [0.2, 0.25) is 5.02 Å². The molecule has 204 valence electrons. The summed E-state index contributed by atoms with van der Waals surface area (Å²) in [7, 11) is -8.12. The van der Waals surface area contributed by atoms with Gasteiger partial charge in [-0.2, -0.15) is 0 Å². The standard InChI is InChI=1S/C25H30ClF2NO6S2/c1-24(2,3)35-23(30)15-29-36(31,32)16-17-10-12-25(13-11-17,21-14-19(27)6-9-22(21)28)37(33,34)20-7-4-18(26)5-8-20/h4-9,14,17,29H,10-13,15-16H2,1-3H3. The molecule has 2 aromatic rings. The fourth-order valence-electron chi connectivity index (χ4n) is 4.60. The first kappa shape index (κ1) is 29.5. The highest BCUT2D eigenvalue weighted by Gasteiger charge is 2.50. The molecule has 2 aromatic carbocycles. The number of carbonyl (C=O) groups excluding carboxylic acids is 1. The van der Waals surface area contributed by atoms with Crippen LogP contribution in [-0.2, 0) is 34.1 Å². The maximum absolute atomic E-state index is 15.0. The van der Waals surface area contributed by atoms with E-state index in [4.69, 9.17) is 16.3 Å². The summed E-state index contributed by atoms with van der Waals surface area (Å²) in [6, 6.07) is 8.12. The van der Waals surface area contributed by atoms with Crippen molar-refractivity contribution in [3.8, 4) is 0 Å². The van der Waals surface area contributed by atoms with Crippen molar-refractivity contribution in [2.45, 2.75) is 61.7 Å². The van der Waals surface area contributed by atoms with Gasteiger partial charge >= 0.3 is 5.97 Å². The van der Waals surface area contributed by atoms with Gasteiger partial charge in [-0.1, -0.05) is 11.6 Å². The van der Waals surface area contributed by atoms with Crippen LogP contribution in [0.25, 0.3) is 0 Å². The molecule has 0 amide bonds. The average Bonchev–Trinajstić information content (AvgIpc) is 2.79. The first-order valence-electron chi connectivity index (χ1n) is 11.7. The minimum Gasteiger partial charge on any atom is -0.459 e. The lowest BCUT2D eigenvalue weighted by Crippen LogP contribution is -2.43. The summed E-state index contributed by atoms with van der Waals surface area (Å²) in [5.41, 5.74) is -1.05. The molecule has 0 spiro atoms. The molecule has 0 heterocycles. The number of benzene rings is 2. The van der Waals surface area contributed by atoms with Crippen molar-refractivity contribution in [3.05, 3.63) is 64.7 Å². The third-order valence-electron chi connectivity index (χ3n) is 6.28. The van der Waals surface area contributed by atoms with Crippen molar-refractivity contribution < 1.29 is 35.1 Å². The Balaban J connectivity index is 1.84. The molecule has 37 heavy (non-hydrogen) atoms. The third kappa shape index (κ3) is 7.07. The van der Waals surface area contributed by atoms with Crippen molar-refractivity contribution in [1.82, 2.24) is 4.72 Å². The molecule has 1 aliphatic carbocycles. The van der Waals surface area contributed by atoms with E-state index >= 15 is 0 Å². The second-order valence-corrected chi connectivity index (χ2v) is 14.8. The van der Waals surface area contributed by atoms with Crippen LogP contribution < -0.4 is 4.72 Å². The monoisotopic (exact) mass is 577 g/mol. The van der Waals surface area contributed by atoms with Gasteiger partial charge in [0.2, 0.25) is 10.0 Å². The summed E-state index contributed by atoms with van der Waals surface area (Å²) >= 11 is 5.91. The van der Waals surface area contributed by atoms with E-state index in [1.165, 1.54) is 24.3 Å². The average molecular weight is 578 g/mol. The van der Waals surface area contributed by atoms with Crippen LogP contribution in [0.5, 0.6) is 0 Å². The van der Waals surface area contributed by atoms with Crippen molar-refractivity contribution in [2.24, 2.45) is 5.92 Å². The molecule has 0 aliphatic heterocycles. The Bertz CT molecular complexity index is 1350. The largest absolute Gasteiger partial charge is 0.459 e. The number of halogens is 3. The Hall–Kier alpha value is -2.08. The van der Waals surface area contributed by atoms with Gasteiger partial charge in [-0.15, -0.1) is 0 Å². The Kier molecular flexibility index (Phi) is 8.73. The third-order valence-corrected chi connectivity index (χ3v) is 10.6. The zero-order chi connectivity index (χ0) is 27.6. The number of nitrogens with one attached hydrogen (secondary N) is 1. The fourth-order valence-corrected chi connectivity index (χ4v) is 8.30. The Labute approximate surface area is 221 Å². The van der Waals surface area contributed by atoms with Crippen molar-refractivity contribution >= 4 is 37.4 Å². The molecule has 0 radical (unpaired) electrons. The summed E-state index contributed by atoms with van der Waals surface area (Å²) in [5, 5.41) is 0.317. The molecule has 0 atom stereocenters. The molecular formula is C25H30ClF2NO6S2. The van der Waals surface area contributed by atoms with E-state index in [1.807, 2.05) is 0 Å². The zero-order valence-corrected chi connectivity index (χ0v) is 23.2. The highest BCUT2D eigenvalue weighted by molar-refractivity contribution is 7.92. The number of sulfone groups is 1. The summed E-state index contributed by atoms with van der Waals surface area (Å²) in [6.07, 6.45) is 0.00140. The van der Waals surface area contributed by atoms with Crippen molar-refractivity contribution in [1.29, 1.82) is 0 Å². The summed E-state index contributed by atoms with van der Waals surface area (Å²) in [6.45, 7) is 4.45. The van der Waals surface area contributed by atoms with Crippen LogP contribution in [0.4, 0.5) is 8.78 Å². The van der Waals surface area contributed by atoms with Gasteiger partial charge in [0.25, 0.3) is 0 Å². The Morgan fingerprint density at radius 3 is 2.22 bits per heavy atom. The molecule has 1 fully saturated rings. The van der Waals surface area contributed by atoms with Gasteiger partial charge in [0.15, 0.2) is 9.84 Å². The van der Waals surface area contributed by atoms with Gasteiger partial charge in [-0.3, -0.25) is 4.79 Å². The molecule has 12 heteroatoms. The first-order valence-corrected chi connectivity index (χ1v) is 15.2. The maximum atomic E-state index is 15.0. The van der Waals surface area contributed by atoms with Crippen LogP contribution in [-0.4, -0.2) is 40.7 Å². The van der Waals surface area contributed by atoms with Crippen LogP contribution in [0.1, 0.15) is 52.0 Å². The van der Waals surface area contributed by atoms with Gasteiger partial charge in [0.1, 0.15) is 28.5 Å². The number of hydrogen-bond donors (Lipinski definition) is 1. The molecule has 0 aromatic heterocycles. The molecule has 1 aliphatic rings. The highest BCUT2D eigenvalue weighted by atomic mass is 35.5. The predicted molar refractivity (Wildman–Crippen MR) is 136 cm³/mol. The molecule has 7 nitrogen and oxygen atoms in total. The number of hydrogen-bond acceptors (Lipinski definition) is 6. The number of sulfonamides is 1. The van der Waals surface area contributed by atoms with E-state index < -0.39 is 60.3 Å². The fraction of sp³-hybridized carbons (Fsp3) is 0.480. The topological polar surface area (TPSA) is 107 Å². The quantitative estimate of drug-likeness (QED) is 0.454. The van der Waals surface area contributed by atoms with Crippen LogP contribution in [0.15, 0.2) is 47.4 Å². The van der Waals surface area contributed by atoms with Gasteiger partial charge in [0.05, 0.1) is 10.6 Å². The number of rotatable bonds is 8. The van der Waals surface area contributed by atoms with Gasteiger partial charge in [-0.05, 0) is 94.8 Å². The van der Waals surface area contributed by atoms with Gasteiger partial charge in [-0.25, -0.2) is 30.3 Å². The summed E-state index contributed by atoms with van der Waals surface area (Å²) in [4.78, 5) is 11.8. The molecule has 1 N–H and O–H groups in total. The lowest BCUT2D eigenvalue weighted by molar-refractivity contribution is -0.153. The van der Waals surface area contributed by atoms with E-state index in [9.17, 15) is 30.4 Å². The van der Waals surface area contributed by atoms with E-state index in [1.54, 1.807) is 20.8 Å². The highest BCUT2D eigenvalue weighted by Crippen LogP contribution is 2.49. The Morgan fingerprint density at radius 1 is 1.05 bits per heavy atom. The van der Waals surface area contributed by atoms with Crippen LogP contribution in [0, 0.1) is 17.6 Å². The molecule has 0 unspecified atom stereocenters. The lowest BCUT2D eigenvalue weighted by atomic mass is 9.78. The van der Waals surface area contributed by atoms with E-state index in [2.05, 4.69) is 4.72 Å². The lowest BCUT2D eigenvalue weighted by Gasteiger charge is -2.40. The van der Waals surface area contributed by atoms with E-state index in [0.717, 1.165) is 18.2 Å². The molecule has 0 saturated heterocycles. The van der Waals surface area contributed by atoms with Crippen LogP contribution in [0.3, 0.4) is 0 Å². The smallest absolute Gasteiger partial charge is 0.321 e. The molecule has 1 saturated carbocycles. The normalized spacial score (nSPS) is 21.0. The second kappa shape index (κ2) is 11.0. The first-order chi connectivity index (χ1) is 17.0. The van der Waals surface area contributed by atoms with Crippen LogP contribution >= 0.6 is 11.6 Å². The minimum absolute atomic E-state index is 0.0920. The van der Waals surface area contributed by atoms with Gasteiger partial charge in [0, 0.05) is 10.6 Å². The second-order valence-electron chi connectivity index (χ2n) is 10.2. The SMILES string of the molecule is CC(C)(C)OC(=O)CNS(=O)(=O)CC1CCC(c2cc(F)ccc2F)(S(=O)(=O)c2ccc(Cl)cc2)CC1. The van der Waals surface area contributed by atoms with E-state index in [0.29, 0.717) is 5.02 Å².